The molecular formula is C13H16F3N3O2. The summed E-state index contributed by atoms with van der Waals surface area (Å²) in [5.74, 6) is -1.18. The number of halogens is 3. The summed E-state index contributed by atoms with van der Waals surface area (Å²) in [7, 11) is 0. The summed E-state index contributed by atoms with van der Waals surface area (Å²) in [5.41, 5.74) is 3.88. The lowest BCUT2D eigenvalue weighted by molar-refractivity contribution is -0.137. The topological polar surface area (TPSA) is 87.7 Å². The van der Waals surface area contributed by atoms with E-state index < -0.39 is 29.3 Å². The Morgan fingerprint density at radius 1 is 1.43 bits per heavy atom. The molecule has 0 aliphatic heterocycles. The maximum atomic E-state index is 12.9. The van der Waals surface area contributed by atoms with E-state index in [0.29, 0.717) is 12.8 Å². The molecule has 0 radical (unpaired) electrons. The minimum Gasteiger partial charge on any atom is -0.409 e. The third-order valence-electron chi connectivity index (χ3n) is 2.83. The summed E-state index contributed by atoms with van der Waals surface area (Å²) in [6.07, 6.45) is -3.69. The molecular weight excluding hydrogens is 287 g/mol. The Balaban J connectivity index is 3.04. The van der Waals surface area contributed by atoms with Gasteiger partial charge in [0.15, 0.2) is 5.84 Å². The first-order valence-electron chi connectivity index (χ1n) is 6.25. The highest BCUT2D eigenvalue weighted by molar-refractivity contribution is 5.99. The van der Waals surface area contributed by atoms with Gasteiger partial charge < -0.3 is 16.3 Å². The number of nitrogens with two attached hydrogens (primary N) is 1. The molecule has 0 aliphatic rings. The van der Waals surface area contributed by atoms with Crippen LogP contribution in [0.2, 0.25) is 0 Å². The Hall–Kier alpha value is -2.25. The van der Waals surface area contributed by atoms with Crippen LogP contribution in [0.25, 0.3) is 0 Å². The molecule has 4 N–H and O–H groups in total. The van der Waals surface area contributed by atoms with Gasteiger partial charge in [0.1, 0.15) is 0 Å². The smallest absolute Gasteiger partial charge is 0.409 e. The van der Waals surface area contributed by atoms with Crippen LogP contribution in [0, 0.1) is 0 Å². The van der Waals surface area contributed by atoms with Crippen LogP contribution < -0.4 is 11.1 Å². The number of amidine groups is 1. The Morgan fingerprint density at radius 2 is 2.05 bits per heavy atom. The van der Waals surface area contributed by atoms with Gasteiger partial charge in [-0.1, -0.05) is 30.6 Å². The average Bonchev–Trinajstić information content (AvgIpc) is 2.45. The second-order valence-electron chi connectivity index (χ2n) is 4.38. The maximum Gasteiger partial charge on any atom is 0.417 e. The molecule has 1 atom stereocenters. The molecule has 1 aromatic carbocycles. The molecule has 0 spiro atoms. The van der Waals surface area contributed by atoms with E-state index in [0.717, 1.165) is 12.1 Å². The molecule has 8 heteroatoms. The Labute approximate surface area is 119 Å². The van der Waals surface area contributed by atoms with Crippen molar-refractivity contribution in [2.24, 2.45) is 10.9 Å². The standard InChI is InChI=1S/C13H16F3N3O2/c1-2-5-10(11(17)19-21)18-12(20)8-6-3-4-7-9(8)13(14,15)16/h3-4,6-7,10,21H,2,5H2,1H3,(H2,17,19)(H,18,20). The Morgan fingerprint density at radius 3 is 2.57 bits per heavy atom. The van der Waals surface area contributed by atoms with Gasteiger partial charge in [-0.3, -0.25) is 4.79 Å². The van der Waals surface area contributed by atoms with Crippen molar-refractivity contribution in [3.8, 4) is 0 Å². The van der Waals surface area contributed by atoms with Gasteiger partial charge in [-0.25, -0.2) is 0 Å². The van der Waals surface area contributed by atoms with Gasteiger partial charge in [0.05, 0.1) is 17.2 Å². The van der Waals surface area contributed by atoms with E-state index in [4.69, 9.17) is 10.9 Å². The minimum absolute atomic E-state index is 0.255. The number of rotatable bonds is 5. The largest absolute Gasteiger partial charge is 0.417 e. The molecule has 0 saturated carbocycles. The van der Waals surface area contributed by atoms with E-state index in [1.807, 2.05) is 0 Å². The van der Waals surface area contributed by atoms with E-state index in [-0.39, 0.29) is 5.84 Å². The number of carbonyl (C=O) groups is 1. The molecule has 0 saturated heterocycles. The molecule has 1 aromatic rings. The molecule has 5 nitrogen and oxygen atoms in total. The van der Waals surface area contributed by atoms with Crippen molar-refractivity contribution in [1.29, 1.82) is 0 Å². The second-order valence-corrected chi connectivity index (χ2v) is 4.38. The van der Waals surface area contributed by atoms with E-state index >= 15 is 0 Å². The van der Waals surface area contributed by atoms with Gasteiger partial charge in [0.2, 0.25) is 0 Å². The first-order valence-corrected chi connectivity index (χ1v) is 6.25. The second kappa shape index (κ2) is 6.96. The zero-order chi connectivity index (χ0) is 16.0. The molecule has 0 aromatic heterocycles. The van der Waals surface area contributed by atoms with E-state index in [2.05, 4.69) is 10.5 Å². The van der Waals surface area contributed by atoms with Crippen LogP contribution in [0.3, 0.4) is 0 Å². The highest BCUT2D eigenvalue weighted by atomic mass is 19.4. The molecule has 0 aliphatic carbocycles. The van der Waals surface area contributed by atoms with Gasteiger partial charge in [-0.15, -0.1) is 0 Å². The summed E-state index contributed by atoms with van der Waals surface area (Å²) in [6, 6.07) is 3.62. The predicted molar refractivity (Wildman–Crippen MR) is 71.0 cm³/mol. The summed E-state index contributed by atoms with van der Waals surface area (Å²) in [6.45, 7) is 1.80. The molecule has 0 heterocycles. The van der Waals surface area contributed by atoms with E-state index in [9.17, 15) is 18.0 Å². The average molecular weight is 303 g/mol. The number of oxime groups is 1. The van der Waals surface area contributed by atoms with Crippen molar-refractivity contribution in [1.82, 2.24) is 5.32 Å². The van der Waals surface area contributed by atoms with Gasteiger partial charge in [-0.2, -0.15) is 13.2 Å². The van der Waals surface area contributed by atoms with Crippen molar-refractivity contribution in [3.63, 3.8) is 0 Å². The fourth-order valence-corrected chi connectivity index (χ4v) is 1.82. The van der Waals surface area contributed by atoms with Crippen LogP contribution in [0.1, 0.15) is 35.7 Å². The van der Waals surface area contributed by atoms with Crippen LogP contribution in [-0.4, -0.2) is 23.0 Å². The van der Waals surface area contributed by atoms with Crippen LogP contribution in [0.4, 0.5) is 13.2 Å². The molecule has 116 valence electrons. The van der Waals surface area contributed by atoms with Crippen molar-refractivity contribution in [2.75, 3.05) is 0 Å². The summed E-state index contributed by atoms with van der Waals surface area (Å²) >= 11 is 0. The van der Waals surface area contributed by atoms with Crippen LogP contribution >= 0.6 is 0 Å². The predicted octanol–water partition coefficient (Wildman–Crippen LogP) is 2.35. The monoisotopic (exact) mass is 303 g/mol. The van der Waals surface area contributed by atoms with Crippen molar-refractivity contribution in [2.45, 2.75) is 32.0 Å². The molecule has 1 rings (SSSR count). The van der Waals surface area contributed by atoms with Gasteiger partial charge in [-0.05, 0) is 18.6 Å². The highest BCUT2D eigenvalue weighted by Crippen LogP contribution is 2.31. The fourth-order valence-electron chi connectivity index (χ4n) is 1.82. The highest BCUT2D eigenvalue weighted by Gasteiger charge is 2.35. The normalized spacial score (nSPS) is 13.8. The lowest BCUT2D eigenvalue weighted by atomic mass is 10.0. The molecule has 0 bridgehead atoms. The minimum atomic E-state index is -4.63. The first-order chi connectivity index (χ1) is 9.81. The summed E-state index contributed by atoms with van der Waals surface area (Å²) in [4.78, 5) is 12.0. The SMILES string of the molecule is CCCC(NC(=O)c1ccccc1C(F)(F)F)/C(N)=N/O. The molecule has 21 heavy (non-hydrogen) atoms. The van der Waals surface area contributed by atoms with Crippen LogP contribution in [-0.2, 0) is 6.18 Å². The van der Waals surface area contributed by atoms with Crippen LogP contribution in [0.15, 0.2) is 29.4 Å². The third kappa shape index (κ3) is 4.37. The van der Waals surface area contributed by atoms with Crippen molar-refractivity contribution < 1.29 is 23.2 Å². The zero-order valence-corrected chi connectivity index (χ0v) is 11.3. The number of alkyl halides is 3. The molecule has 0 fully saturated rings. The third-order valence-corrected chi connectivity index (χ3v) is 2.83. The number of benzene rings is 1. The van der Waals surface area contributed by atoms with E-state index in [1.165, 1.54) is 12.1 Å². The Kier molecular flexibility index (Phi) is 5.57. The number of carbonyl (C=O) groups excluding carboxylic acids is 1. The molecule has 1 unspecified atom stereocenters. The fraction of sp³-hybridized carbons (Fsp3) is 0.385. The number of amides is 1. The van der Waals surface area contributed by atoms with E-state index in [1.54, 1.807) is 6.92 Å². The number of nitrogens with one attached hydrogen (secondary N) is 1. The van der Waals surface area contributed by atoms with Crippen LogP contribution in [0.5, 0.6) is 0 Å². The lowest BCUT2D eigenvalue weighted by Crippen LogP contribution is -2.44. The number of nitrogens with zero attached hydrogens (tertiary/aromatic N) is 1. The number of hydrogen-bond donors (Lipinski definition) is 3. The van der Waals surface area contributed by atoms with Gasteiger partial charge >= 0.3 is 6.18 Å². The van der Waals surface area contributed by atoms with Gasteiger partial charge in [0.25, 0.3) is 5.91 Å². The molecule has 1 amide bonds. The summed E-state index contributed by atoms with van der Waals surface area (Å²) < 4.78 is 38.6. The maximum absolute atomic E-state index is 12.9. The quantitative estimate of drug-likeness (QED) is 0.338. The summed E-state index contributed by atoms with van der Waals surface area (Å²) in [5, 5.41) is 13.8. The first kappa shape index (κ1) is 16.8. The number of hydrogen-bond acceptors (Lipinski definition) is 3. The Bertz CT molecular complexity index is 530. The zero-order valence-electron chi connectivity index (χ0n) is 11.3. The van der Waals surface area contributed by atoms with Crippen molar-refractivity contribution in [3.05, 3.63) is 35.4 Å². The van der Waals surface area contributed by atoms with Gasteiger partial charge in [0, 0.05) is 0 Å². The van der Waals surface area contributed by atoms with Crippen molar-refractivity contribution >= 4 is 11.7 Å². The lowest BCUT2D eigenvalue weighted by Gasteiger charge is -2.18.